The third kappa shape index (κ3) is 4.50. The Morgan fingerprint density at radius 3 is 2.77 bits per heavy atom. The van der Waals surface area contributed by atoms with E-state index in [9.17, 15) is 10.1 Å². The molecule has 2 heterocycles. The van der Waals surface area contributed by atoms with Gasteiger partial charge < -0.3 is 18.9 Å². The van der Waals surface area contributed by atoms with Gasteiger partial charge >= 0.3 is 0 Å². The number of aryl methyl sites for hydroxylation is 1. The number of carbonyl (C=O) groups is 1. The van der Waals surface area contributed by atoms with Crippen LogP contribution < -0.4 is 9.47 Å². The average molecular weight is 410 g/mol. The Bertz CT molecular complexity index is 1010. The van der Waals surface area contributed by atoms with Crippen molar-refractivity contribution in [1.82, 2.24) is 9.99 Å². The van der Waals surface area contributed by atoms with Crippen molar-refractivity contribution in [1.29, 1.82) is 5.26 Å². The molecule has 0 N–H and O–H groups in total. The van der Waals surface area contributed by atoms with Gasteiger partial charge in [-0.2, -0.15) is 10.3 Å². The first-order valence-electron chi connectivity index (χ1n) is 9.17. The van der Waals surface area contributed by atoms with Gasteiger partial charge in [0.25, 0.3) is 0 Å². The monoisotopic (exact) mass is 410 g/mol. The van der Waals surface area contributed by atoms with E-state index < -0.39 is 6.23 Å². The highest BCUT2D eigenvalue weighted by Gasteiger charge is 2.33. The summed E-state index contributed by atoms with van der Waals surface area (Å²) in [7, 11) is 3.11. The van der Waals surface area contributed by atoms with Crippen molar-refractivity contribution in [3.05, 3.63) is 52.7 Å². The van der Waals surface area contributed by atoms with Crippen LogP contribution in [0.25, 0.3) is 0 Å². The van der Waals surface area contributed by atoms with Crippen LogP contribution in [-0.4, -0.2) is 42.6 Å². The Morgan fingerprint density at radius 1 is 1.30 bits per heavy atom. The molecule has 1 aromatic heterocycles. The number of ether oxygens (including phenoxy) is 4. The van der Waals surface area contributed by atoms with Crippen LogP contribution in [0.5, 0.6) is 11.6 Å². The molecular formula is C21H22N4O5. The van der Waals surface area contributed by atoms with Crippen molar-refractivity contribution >= 4 is 11.8 Å². The van der Waals surface area contributed by atoms with Gasteiger partial charge in [0.05, 0.1) is 13.7 Å². The van der Waals surface area contributed by atoms with E-state index in [0.717, 1.165) is 0 Å². The fraction of sp³-hybridized carbons (Fsp3) is 0.333. The molecule has 0 fully saturated rings. The molecule has 2 aromatic rings. The van der Waals surface area contributed by atoms with Crippen molar-refractivity contribution in [2.75, 3.05) is 20.8 Å². The summed E-state index contributed by atoms with van der Waals surface area (Å²) >= 11 is 0. The lowest BCUT2D eigenvalue weighted by Gasteiger charge is -2.19. The van der Waals surface area contributed by atoms with Crippen LogP contribution in [0, 0.1) is 18.3 Å². The van der Waals surface area contributed by atoms with E-state index >= 15 is 0 Å². The van der Waals surface area contributed by atoms with E-state index in [1.807, 2.05) is 6.07 Å². The van der Waals surface area contributed by atoms with Crippen LogP contribution in [-0.2, 0) is 20.9 Å². The molecular weight excluding hydrogens is 388 g/mol. The molecule has 9 heteroatoms. The third-order valence-electron chi connectivity index (χ3n) is 4.33. The minimum absolute atomic E-state index is 0.0954. The van der Waals surface area contributed by atoms with Crippen molar-refractivity contribution in [3.63, 3.8) is 0 Å². The lowest BCUT2D eigenvalue weighted by Crippen LogP contribution is -2.25. The minimum Gasteiger partial charge on any atom is -0.497 e. The van der Waals surface area contributed by atoms with Gasteiger partial charge in [-0.25, -0.2) is 4.98 Å². The zero-order valence-electron chi connectivity index (χ0n) is 17.2. The SMILES string of the molecule is COCc1cc(C)nc(OCC2=NN(C(C)=O)[C@H](c3cccc(OC)c3)O2)c1C#N. The molecule has 1 aliphatic heterocycles. The van der Waals surface area contributed by atoms with E-state index in [-0.39, 0.29) is 36.5 Å². The molecule has 1 amide bonds. The van der Waals surface area contributed by atoms with Gasteiger partial charge in [0.15, 0.2) is 6.61 Å². The summed E-state index contributed by atoms with van der Waals surface area (Å²) in [6.45, 7) is 3.36. The van der Waals surface area contributed by atoms with E-state index in [1.54, 1.807) is 45.4 Å². The highest BCUT2D eigenvalue weighted by Crippen LogP contribution is 2.30. The number of carbonyl (C=O) groups excluding carboxylic acids is 1. The molecule has 30 heavy (non-hydrogen) atoms. The smallest absolute Gasteiger partial charge is 0.247 e. The number of nitriles is 1. The summed E-state index contributed by atoms with van der Waals surface area (Å²) in [4.78, 5) is 16.4. The highest BCUT2D eigenvalue weighted by molar-refractivity contribution is 5.83. The molecule has 3 rings (SSSR count). The normalized spacial score (nSPS) is 15.2. The number of hydrogen-bond donors (Lipinski definition) is 0. The topological polar surface area (TPSA) is 106 Å². The van der Waals surface area contributed by atoms with Gasteiger partial charge in [0.2, 0.25) is 23.9 Å². The van der Waals surface area contributed by atoms with Gasteiger partial charge in [-0.15, -0.1) is 5.10 Å². The Hall–Kier alpha value is -3.64. The second-order valence-electron chi connectivity index (χ2n) is 6.54. The number of pyridine rings is 1. The van der Waals surface area contributed by atoms with Crippen molar-refractivity contribution in [2.24, 2.45) is 5.10 Å². The molecule has 1 aliphatic rings. The van der Waals surface area contributed by atoms with Crippen LogP contribution in [0.15, 0.2) is 35.4 Å². The molecule has 1 aromatic carbocycles. The van der Waals surface area contributed by atoms with Gasteiger partial charge in [0.1, 0.15) is 17.4 Å². The number of aromatic nitrogens is 1. The molecule has 0 saturated heterocycles. The molecule has 9 nitrogen and oxygen atoms in total. The van der Waals surface area contributed by atoms with Crippen molar-refractivity contribution in [3.8, 4) is 17.7 Å². The van der Waals surface area contributed by atoms with E-state index in [4.69, 9.17) is 18.9 Å². The van der Waals surface area contributed by atoms with Gasteiger partial charge in [0, 0.05) is 30.9 Å². The summed E-state index contributed by atoms with van der Waals surface area (Å²) in [5, 5.41) is 15.0. The summed E-state index contributed by atoms with van der Waals surface area (Å²) in [5.41, 5.74) is 2.35. The summed E-state index contributed by atoms with van der Waals surface area (Å²) < 4.78 is 22.0. The maximum Gasteiger partial charge on any atom is 0.247 e. The lowest BCUT2D eigenvalue weighted by molar-refractivity contribution is -0.135. The fourth-order valence-electron chi connectivity index (χ4n) is 3.01. The number of hydrogen-bond acceptors (Lipinski definition) is 8. The maximum absolute atomic E-state index is 12.1. The van der Waals surface area contributed by atoms with Crippen molar-refractivity contribution in [2.45, 2.75) is 26.7 Å². The van der Waals surface area contributed by atoms with Crippen LogP contribution in [0.2, 0.25) is 0 Å². The van der Waals surface area contributed by atoms with Crippen LogP contribution in [0.3, 0.4) is 0 Å². The molecule has 0 radical (unpaired) electrons. The minimum atomic E-state index is -0.735. The standard InChI is InChI=1S/C21H22N4O5/c1-13-8-16(11-27-3)18(10-22)20(23-13)29-12-19-24-25(14(2)26)21(30-19)15-6-5-7-17(9-15)28-4/h5-9,21H,11-12H2,1-4H3/t21-/m0/s1. The number of nitrogens with zero attached hydrogens (tertiary/aromatic N) is 4. The molecule has 1 atom stereocenters. The Labute approximate surface area is 174 Å². The van der Waals surface area contributed by atoms with Gasteiger partial charge in [-0.3, -0.25) is 4.79 Å². The predicted molar refractivity (Wildman–Crippen MR) is 107 cm³/mol. The quantitative estimate of drug-likeness (QED) is 0.691. The highest BCUT2D eigenvalue weighted by atomic mass is 16.6. The number of amides is 1. The van der Waals surface area contributed by atoms with Crippen LogP contribution in [0.4, 0.5) is 0 Å². The molecule has 156 valence electrons. The zero-order chi connectivity index (χ0) is 21.7. The maximum atomic E-state index is 12.1. The first kappa shape index (κ1) is 21.1. The summed E-state index contributed by atoms with van der Waals surface area (Å²) in [6.07, 6.45) is -0.735. The average Bonchev–Trinajstić information content (AvgIpc) is 3.17. The third-order valence-corrected chi connectivity index (χ3v) is 4.33. The summed E-state index contributed by atoms with van der Waals surface area (Å²) in [6, 6.07) is 11.1. The Balaban J connectivity index is 1.80. The molecule has 0 unspecified atom stereocenters. The first-order valence-corrected chi connectivity index (χ1v) is 9.17. The Morgan fingerprint density at radius 2 is 2.10 bits per heavy atom. The molecule has 0 aliphatic carbocycles. The number of hydrazone groups is 1. The second-order valence-corrected chi connectivity index (χ2v) is 6.54. The molecule has 0 bridgehead atoms. The first-order chi connectivity index (χ1) is 14.5. The van der Waals surface area contributed by atoms with E-state index in [0.29, 0.717) is 22.6 Å². The molecule has 0 spiro atoms. The molecule has 0 saturated carbocycles. The lowest BCUT2D eigenvalue weighted by atomic mass is 10.1. The predicted octanol–water partition coefficient (Wildman–Crippen LogP) is 2.69. The second kappa shape index (κ2) is 9.24. The van der Waals surface area contributed by atoms with Crippen LogP contribution in [0.1, 0.15) is 35.5 Å². The Kier molecular flexibility index (Phi) is 6.49. The fourth-order valence-corrected chi connectivity index (χ4v) is 3.01. The number of benzene rings is 1. The summed E-state index contributed by atoms with van der Waals surface area (Å²) in [5.74, 6) is 0.706. The van der Waals surface area contributed by atoms with Gasteiger partial charge in [-0.1, -0.05) is 12.1 Å². The van der Waals surface area contributed by atoms with Gasteiger partial charge in [-0.05, 0) is 25.1 Å². The van der Waals surface area contributed by atoms with Crippen molar-refractivity contribution < 1.29 is 23.7 Å². The largest absolute Gasteiger partial charge is 0.497 e. The van der Waals surface area contributed by atoms with E-state index in [1.165, 1.54) is 11.9 Å². The number of rotatable bonds is 7. The number of methoxy groups -OCH3 is 2. The zero-order valence-corrected chi connectivity index (χ0v) is 17.2. The van der Waals surface area contributed by atoms with Crippen LogP contribution >= 0.6 is 0 Å². The van der Waals surface area contributed by atoms with E-state index in [2.05, 4.69) is 16.2 Å².